The van der Waals surface area contributed by atoms with Crippen LogP contribution in [0.15, 0.2) is 17.0 Å². The monoisotopic (exact) mass is 255 g/mol. The van der Waals surface area contributed by atoms with Crippen molar-refractivity contribution in [3.8, 4) is 6.07 Å². The highest BCUT2D eigenvalue weighted by atomic mass is 35.5. The number of thiol groups is 1. The maximum atomic E-state index is 11.2. The van der Waals surface area contributed by atoms with Crippen LogP contribution < -0.4 is 0 Å². The van der Waals surface area contributed by atoms with E-state index in [1.807, 2.05) is 6.07 Å². The number of hydrogen-bond donors (Lipinski definition) is 1. The smallest absolute Gasteiger partial charge is 0.310 e. The Morgan fingerprint density at radius 1 is 1.62 bits per heavy atom. The molecule has 0 amide bonds. The Morgan fingerprint density at radius 2 is 2.31 bits per heavy atom. The van der Waals surface area contributed by atoms with Crippen LogP contribution in [-0.4, -0.2) is 12.6 Å². The van der Waals surface area contributed by atoms with E-state index < -0.39 is 0 Å². The topological polar surface area (TPSA) is 50.1 Å². The van der Waals surface area contributed by atoms with E-state index in [1.54, 1.807) is 19.1 Å². The number of nitrogens with zero attached hydrogens (tertiary/aromatic N) is 1. The highest BCUT2D eigenvalue weighted by Gasteiger charge is 2.10. The summed E-state index contributed by atoms with van der Waals surface area (Å²) in [6.45, 7) is 2.09. The van der Waals surface area contributed by atoms with Crippen LogP contribution in [0.5, 0.6) is 0 Å². The average Bonchev–Trinajstić information content (AvgIpc) is 2.17. The quantitative estimate of drug-likeness (QED) is 0.667. The van der Waals surface area contributed by atoms with Gasteiger partial charge in [0.05, 0.1) is 23.6 Å². The molecule has 0 N–H and O–H groups in total. The maximum Gasteiger partial charge on any atom is 0.310 e. The van der Waals surface area contributed by atoms with Crippen molar-refractivity contribution in [3.05, 3.63) is 28.3 Å². The summed E-state index contributed by atoms with van der Waals surface area (Å²) in [7, 11) is 0. The van der Waals surface area contributed by atoms with E-state index in [2.05, 4.69) is 12.6 Å². The SMILES string of the molecule is CCOC(=O)Cc1cc(S)c(C#N)c(Cl)c1. The number of halogens is 1. The molecule has 0 unspecified atom stereocenters. The van der Waals surface area contributed by atoms with Gasteiger partial charge in [0.15, 0.2) is 0 Å². The Bertz CT molecular complexity index is 431. The molecule has 5 heteroatoms. The molecule has 0 spiro atoms. The fourth-order valence-electron chi connectivity index (χ4n) is 1.24. The number of nitriles is 1. The molecule has 0 aliphatic rings. The standard InChI is InChI=1S/C11H10ClNO2S/c1-2-15-11(14)5-7-3-9(12)8(6-13)10(16)4-7/h3-4,16H,2,5H2,1H3. The van der Waals surface area contributed by atoms with E-state index in [0.717, 1.165) is 0 Å². The van der Waals surface area contributed by atoms with Crippen molar-refractivity contribution in [2.24, 2.45) is 0 Å². The molecule has 0 atom stereocenters. The van der Waals surface area contributed by atoms with E-state index in [1.165, 1.54) is 0 Å². The van der Waals surface area contributed by atoms with Gasteiger partial charge >= 0.3 is 5.97 Å². The Morgan fingerprint density at radius 3 is 2.81 bits per heavy atom. The molecule has 1 aromatic rings. The Hall–Kier alpha value is -1.18. The third kappa shape index (κ3) is 3.16. The first kappa shape index (κ1) is 12.9. The fraction of sp³-hybridized carbons (Fsp3) is 0.273. The number of rotatable bonds is 3. The lowest BCUT2D eigenvalue weighted by Crippen LogP contribution is -2.07. The van der Waals surface area contributed by atoms with E-state index in [-0.39, 0.29) is 12.4 Å². The van der Waals surface area contributed by atoms with Crippen molar-refractivity contribution < 1.29 is 9.53 Å². The van der Waals surface area contributed by atoms with Crippen molar-refractivity contribution in [1.29, 1.82) is 5.26 Å². The maximum absolute atomic E-state index is 11.2. The molecule has 0 fully saturated rings. The van der Waals surface area contributed by atoms with Crippen LogP contribution in [0.25, 0.3) is 0 Å². The van der Waals surface area contributed by atoms with Gasteiger partial charge in [-0.15, -0.1) is 12.6 Å². The summed E-state index contributed by atoms with van der Waals surface area (Å²) >= 11 is 10.0. The molecular formula is C11H10ClNO2S. The molecular weight excluding hydrogens is 246 g/mol. The normalized spacial score (nSPS) is 9.62. The number of benzene rings is 1. The summed E-state index contributed by atoms with van der Waals surface area (Å²) < 4.78 is 4.81. The molecule has 16 heavy (non-hydrogen) atoms. The average molecular weight is 256 g/mol. The number of carbonyl (C=O) groups excluding carboxylic acids is 1. The number of hydrogen-bond acceptors (Lipinski definition) is 4. The lowest BCUT2D eigenvalue weighted by atomic mass is 10.1. The lowest BCUT2D eigenvalue weighted by molar-refractivity contribution is -0.142. The van der Waals surface area contributed by atoms with Crippen molar-refractivity contribution >= 4 is 30.2 Å². The van der Waals surface area contributed by atoms with Gasteiger partial charge < -0.3 is 4.74 Å². The predicted octanol–water partition coefficient (Wildman–Crippen LogP) is 2.61. The van der Waals surface area contributed by atoms with Crippen LogP contribution >= 0.6 is 24.2 Å². The van der Waals surface area contributed by atoms with Gasteiger partial charge in [-0.3, -0.25) is 4.79 Å². The minimum Gasteiger partial charge on any atom is -0.466 e. The summed E-state index contributed by atoms with van der Waals surface area (Å²) in [4.78, 5) is 11.7. The third-order valence-corrected chi connectivity index (χ3v) is 2.55. The minimum atomic E-state index is -0.323. The summed E-state index contributed by atoms with van der Waals surface area (Å²) in [6.07, 6.45) is 0.132. The lowest BCUT2D eigenvalue weighted by Gasteiger charge is -2.05. The van der Waals surface area contributed by atoms with Gasteiger partial charge in [-0.1, -0.05) is 11.6 Å². The van der Waals surface area contributed by atoms with Crippen LogP contribution in [0, 0.1) is 11.3 Å². The van der Waals surface area contributed by atoms with Gasteiger partial charge in [0.25, 0.3) is 0 Å². The molecule has 0 saturated carbocycles. The van der Waals surface area contributed by atoms with Gasteiger partial charge in [0, 0.05) is 4.90 Å². The molecule has 0 radical (unpaired) electrons. The van der Waals surface area contributed by atoms with Crippen LogP contribution in [0.2, 0.25) is 5.02 Å². The van der Waals surface area contributed by atoms with Gasteiger partial charge in [-0.2, -0.15) is 5.26 Å². The number of carbonyl (C=O) groups is 1. The molecule has 3 nitrogen and oxygen atoms in total. The van der Waals surface area contributed by atoms with Crippen LogP contribution in [0.1, 0.15) is 18.1 Å². The molecule has 0 aromatic heterocycles. The molecule has 84 valence electrons. The second-order valence-electron chi connectivity index (χ2n) is 3.07. The van der Waals surface area contributed by atoms with Crippen molar-refractivity contribution in [2.45, 2.75) is 18.2 Å². The molecule has 0 bridgehead atoms. The van der Waals surface area contributed by atoms with E-state index in [0.29, 0.717) is 27.7 Å². The second kappa shape index (κ2) is 5.78. The second-order valence-corrected chi connectivity index (χ2v) is 3.95. The highest BCUT2D eigenvalue weighted by Crippen LogP contribution is 2.24. The summed E-state index contributed by atoms with van der Waals surface area (Å²) in [5, 5.41) is 9.08. The third-order valence-electron chi connectivity index (χ3n) is 1.89. The Labute approximate surface area is 104 Å². The van der Waals surface area contributed by atoms with E-state index >= 15 is 0 Å². The van der Waals surface area contributed by atoms with Gasteiger partial charge in [0.2, 0.25) is 0 Å². The highest BCUT2D eigenvalue weighted by molar-refractivity contribution is 7.80. The van der Waals surface area contributed by atoms with Crippen molar-refractivity contribution in [2.75, 3.05) is 6.61 Å². The first-order valence-corrected chi connectivity index (χ1v) is 5.48. The van der Waals surface area contributed by atoms with Crippen molar-refractivity contribution in [3.63, 3.8) is 0 Å². The summed E-state index contributed by atoms with van der Waals surface area (Å²) in [6, 6.07) is 5.17. The molecule has 1 aromatic carbocycles. The minimum absolute atomic E-state index is 0.132. The van der Waals surface area contributed by atoms with Crippen molar-refractivity contribution in [1.82, 2.24) is 0 Å². The first-order chi connectivity index (χ1) is 7.58. The zero-order valence-electron chi connectivity index (χ0n) is 8.66. The van der Waals surface area contributed by atoms with Crippen LogP contribution in [-0.2, 0) is 16.0 Å². The number of esters is 1. The van der Waals surface area contributed by atoms with E-state index in [9.17, 15) is 4.79 Å². The van der Waals surface area contributed by atoms with E-state index in [4.69, 9.17) is 21.6 Å². The molecule has 0 aliphatic carbocycles. The van der Waals surface area contributed by atoms with Gasteiger partial charge in [0.1, 0.15) is 6.07 Å². The largest absolute Gasteiger partial charge is 0.466 e. The first-order valence-electron chi connectivity index (χ1n) is 4.65. The van der Waals surface area contributed by atoms with Crippen LogP contribution in [0.3, 0.4) is 0 Å². The van der Waals surface area contributed by atoms with Gasteiger partial charge in [-0.25, -0.2) is 0 Å². The zero-order valence-corrected chi connectivity index (χ0v) is 10.3. The summed E-state index contributed by atoms with van der Waals surface area (Å²) in [5.41, 5.74) is 1.00. The Balaban J connectivity index is 2.93. The fourth-order valence-corrected chi connectivity index (χ4v) is 1.92. The predicted molar refractivity (Wildman–Crippen MR) is 63.8 cm³/mol. The number of ether oxygens (including phenoxy) is 1. The summed E-state index contributed by atoms with van der Waals surface area (Å²) in [5.74, 6) is -0.323. The van der Waals surface area contributed by atoms with Gasteiger partial charge in [-0.05, 0) is 24.6 Å². The molecule has 0 heterocycles. The molecule has 0 saturated heterocycles. The molecule has 1 rings (SSSR count). The van der Waals surface area contributed by atoms with Crippen LogP contribution in [0.4, 0.5) is 0 Å². The zero-order chi connectivity index (χ0) is 12.1. The Kier molecular flexibility index (Phi) is 4.66. The molecule has 0 aliphatic heterocycles.